The SMILES string of the molecule is Clc1ccc(Br)c(NCC2CCCC2)c1. The first-order chi connectivity index (χ1) is 7.25. The van der Waals surface area contributed by atoms with Crippen molar-refractivity contribution in [3.05, 3.63) is 27.7 Å². The molecule has 0 unspecified atom stereocenters. The van der Waals surface area contributed by atoms with Crippen molar-refractivity contribution in [3.8, 4) is 0 Å². The van der Waals surface area contributed by atoms with Crippen LogP contribution in [0, 0.1) is 5.92 Å². The van der Waals surface area contributed by atoms with Crippen molar-refractivity contribution in [2.45, 2.75) is 25.7 Å². The van der Waals surface area contributed by atoms with Gasteiger partial charge in [0.1, 0.15) is 0 Å². The average molecular weight is 289 g/mol. The molecular weight excluding hydrogens is 273 g/mol. The Morgan fingerprint density at radius 3 is 2.80 bits per heavy atom. The van der Waals surface area contributed by atoms with Gasteiger partial charge in [0.25, 0.3) is 0 Å². The highest BCUT2D eigenvalue weighted by Crippen LogP contribution is 2.28. The van der Waals surface area contributed by atoms with E-state index in [4.69, 9.17) is 11.6 Å². The van der Waals surface area contributed by atoms with Gasteiger partial charge >= 0.3 is 0 Å². The van der Waals surface area contributed by atoms with Gasteiger partial charge in [-0.2, -0.15) is 0 Å². The summed E-state index contributed by atoms with van der Waals surface area (Å²) in [5, 5.41) is 4.25. The third kappa shape index (κ3) is 3.12. The average Bonchev–Trinajstić information content (AvgIpc) is 2.72. The van der Waals surface area contributed by atoms with E-state index >= 15 is 0 Å². The van der Waals surface area contributed by atoms with E-state index in [2.05, 4.69) is 21.2 Å². The molecule has 1 aliphatic carbocycles. The molecule has 1 aromatic carbocycles. The molecule has 0 bridgehead atoms. The Labute approximate surface area is 104 Å². The van der Waals surface area contributed by atoms with Crippen molar-refractivity contribution >= 4 is 33.2 Å². The van der Waals surface area contributed by atoms with Gasteiger partial charge in [-0.1, -0.05) is 24.4 Å². The van der Waals surface area contributed by atoms with E-state index in [-0.39, 0.29) is 0 Å². The van der Waals surface area contributed by atoms with Crippen LogP contribution in [0.1, 0.15) is 25.7 Å². The van der Waals surface area contributed by atoms with Crippen LogP contribution in [0.5, 0.6) is 0 Å². The van der Waals surface area contributed by atoms with Gasteiger partial charge in [0, 0.05) is 21.7 Å². The third-order valence-electron chi connectivity index (χ3n) is 2.98. The van der Waals surface area contributed by atoms with Crippen molar-refractivity contribution < 1.29 is 0 Å². The highest BCUT2D eigenvalue weighted by atomic mass is 79.9. The van der Waals surface area contributed by atoms with Gasteiger partial charge in [-0.15, -0.1) is 0 Å². The Morgan fingerprint density at radius 2 is 2.07 bits per heavy atom. The summed E-state index contributed by atoms with van der Waals surface area (Å²) in [6.07, 6.45) is 5.52. The topological polar surface area (TPSA) is 12.0 Å². The van der Waals surface area contributed by atoms with Crippen LogP contribution in [0.15, 0.2) is 22.7 Å². The Morgan fingerprint density at radius 1 is 1.33 bits per heavy atom. The fraction of sp³-hybridized carbons (Fsp3) is 0.500. The maximum Gasteiger partial charge on any atom is 0.0499 e. The quantitative estimate of drug-likeness (QED) is 0.850. The molecule has 1 aromatic rings. The molecular formula is C12H15BrClN. The van der Waals surface area contributed by atoms with Gasteiger partial charge in [0.05, 0.1) is 0 Å². The molecule has 0 saturated heterocycles. The summed E-state index contributed by atoms with van der Waals surface area (Å²) < 4.78 is 1.09. The van der Waals surface area contributed by atoms with Gasteiger partial charge < -0.3 is 5.32 Å². The van der Waals surface area contributed by atoms with Crippen LogP contribution in [0.2, 0.25) is 5.02 Å². The highest BCUT2D eigenvalue weighted by Gasteiger charge is 2.14. The van der Waals surface area contributed by atoms with Gasteiger partial charge in [0.15, 0.2) is 0 Å². The lowest BCUT2D eigenvalue weighted by molar-refractivity contribution is 0.580. The molecule has 0 heterocycles. The number of anilines is 1. The summed E-state index contributed by atoms with van der Waals surface area (Å²) in [6.45, 7) is 1.07. The van der Waals surface area contributed by atoms with Crippen LogP contribution < -0.4 is 5.32 Å². The van der Waals surface area contributed by atoms with E-state index in [0.29, 0.717) is 0 Å². The number of nitrogens with one attached hydrogen (secondary N) is 1. The number of hydrogen-bond donors (Lipinski definition) is 1. The van der Waals surface area contributed by atoms with E-state index in [1.165, 1.54) is 25.7 Å². The minimum Gasteiger partial charge on any atom is -0.384 e. The van der Waals surface area contributed by atoms with Crippen LogP contribution in [-0.2, 0) is 0 Å². The predicted molar refractivity (Wildman–Crippen MR) is 69.6 cm³/mol. The van der Waals surface area contributed by atoms with Crippen molar-refractivity contribution in [1.29, 1.82) is 0 Å². The summed E-state index contributed by atoms with van der Waals surface area (Å²) in [6, 6.07) is 5.85. The van der Waals surface area contributed by atoms with Crippen LogP contribution >= 0.6 is 27.5 Å². The number of halogens is 2. The van der Waals surface area contributed by atoms with E-state index in [1.807, 2.05) is 18.2 Å². The predicted octanol–water partition coefficient (Wildman–Crippen LogP) is 4.70. The molecule has 0 atom stereocenters. The molecule has 1 fully saturated rings. The molecule has 2 rings (SSSR count). The zero-order chi connectivity index (χ0) is 10.7. The second-order valence-electron chi connectivity index (χ2n) is 4.16. The minimum absolute atomic E-state index is 0.784. The summed E-state index contributed by atoms with van der Waals surface area (Å²) >= 11 is 9.47. The van der Waals surface area contributed by atoms with E-state index in [9.17, 15) is 0 Å². The standard InChI is InChI=1S/C12H15BrClN/c13-11-6-5-10(14)7-12(11)15-8-9-3-1-2-4-9/h5-7,9,15H,1-4,8H2. The lowest BCUT2D eigenvalue weighted by Gasteiger charge is -2.13. The Balaban J connectivity index is 1.94. The summed E-state index contributed by atoms with van der Waals surface area (Å²) in [5.74, 6) is 0.843. The largest absolute Gasteiger partial charge is 0.384 e. The second kappa shape index (κ2) is 5.22. The molecule has 0 aliphatic heterocycles. The Hall–Kier alpha value is -0.210. The molecule has 15 heavy (non-hydrogen) atoms. The van der Waals surface area contributed by atoms with Gasteiger partial charge in [-0.25, -0.2) is 0 Å². The minimum atomic E-state index is 0.784. The molecule has 0 radical (unpaired) electrons. The third-order valence-corrected chi connectivity index (χ3v) is 3.91. The molecule has 1 aliphatic rings. The van der Waals surface area contributed by atoms with Crippen molar-refractivity contribution in [3.63, 3.8) is 0 Å². The Kier molecular flexibility index (Phi) is 3.92. The fourth-order valence-electron chi connectivity index (χ4n) is 2.10. The van der Waals surface area contributed by atoms with Gasteiger partial charge in [0.2, 0.25) is 0 Å². The lowest BCUT2D eigenvalue weighted by atomic mass is 10.1. The smallest absolute Gasteiger partial charge is 0.0499 e. The first-order valence-electron chi connectivity index (χ1n) is 5.44. The van der Waals surface area contributed by atoms with Crippen molar-refractivity contribution in [1.82, 2.24) is 0 Å². The number of benzene rings is 1. The molecule has 0 aromatic heterocycles. The normalized spacial score (nSPS) is 16.9. The Bertz CT molecular complexity index is 334. The van der Waals surface area contributed by atoms with Gasteiger partial charge in [-0.05, 0) is 52.9 Å². The molecule has 3 heteroatoms. The monoisotopic (exact) mass is 287 g/mol. The first kappa shape index (κ1) is 11.3. The fourth-order valence-corrected chi connectivity index (χ4v) is 2.66. The van der Waals surface area contributed by atoms with E-state index < -0.39 is 0 Å². The zero-order valence-electron chi connectivity index (χ0n) is 8.60. The lowest BCUT2D eigenvalue weighted by Crippen LogP contribution is -2.11. The maximum atomic E-state index is 5.95. The van der Waals surface area contributed by atoms with Gasteiger partial charge in [-0.3, -0.25) is 0 Å². The van der Waals surface area contributed by atoms with Crippen LogP contribution in [0.4, 0.5) is 5.69 Å². The van der Waals surface area contributed by atoms with Crippen molar-refractivity contribution in [2.75, 3.05) is 11.9 Å². The van der Waals surface area contributed by atoms with E-state index in [0.717, 1.165) is 27.6 Å². The van der Waals surface area contributed by atoms with Crippen LogP contribution in [0.25, 0.3) is 0 Å². The first-order valence-corrected chi connectivity index (χ1v) is 6.62. The molecule has 0 spiro atoms. The summed E-state index contributed by atoms with van der Waals surface area (Å²) in [5.41, 5.74) is 1.11. The second-order valence-corrected chi connectivity index (χ2v) is 5.45. The molecule has 1 nitrogen and oxygen atoms in total. The van der Waals surface area contributed by atoms with Crippen LogP contribution in [0.3, 0.4) is 0 Å². The maximum absolute atomic E-state index is 5.95. The number of hydrogen-bond acceptors (Lipinski definition) is 1. The summed E-state index contributed by atoms with van der Waals surface area (Å²) in [4.78, 5) is 0. The number of rotatable bonds is 3. The molecule has 0 amide bonds. The van der Waals surface area contributed by atoms with E-state index in [1.54, 1.807) is 0 Å². The molecule has 82 valence electrons. The van der Waals surface area contributed by atoms with Crippen molar-refractivity contribution in [2.24, 2.45) is 5.92 Å². The summed E-state index contributed by atoms with van der Waals surface area (Å²) in [7, 11) is 0. The van der Waals surface area contributed by atoms with Crippen LogP contribution in [-0.4, -0.2) is 6.54 Å². The molecule has 1 saturated carbocycles. The zero-order valence-corrected chi connectivity index (χ0v) is 10.9. The highest BCUT2D eigenvalue weighted by molar-refractivity contribution is 9.10. The molecule has 1 N–H and O–H groups in total.